The number of carbonyl (C=O) groups is 1. The molecule has 0 amide bonds. The van der Waals surface area contributed by atoms with Crippen molar-refractivity contribution in [2.24, 2.45) is 0 Å². The van der Waals surface area contributed by atoms with Crippen molar-refractivity contribution in [2.75, 3.05) is 6.61 Å². The lowest BCUT2D eigenvalue weighted by Gasteiger charge is -2.13. The van der Waals surface area contributed by atoms with E-state index in [0.717, 1.165) is 39.8 Å². The van der Waals surface area contributed by atoms with Gasteiger partial charge in [-0.05, 0) is 66.9 Å². The van der Waals surface area contributed by atoms with E-state index in [1.54, 1.807) is 37.6 Å². The van der Waals surface area contributed by atoms with Gasteiger partial charge in [0, 0.05) is 28.4 Å². The number of aryl methyl sites for hydroxylation is 1. The van der Waals surface area contributed by atoms with Crippen molar-refractivity contribution in [3.63, 3.8) is 0 Å². The lowest BCUT2D eigenvalue weighted by molar-refractivity contribution is -0.142. The molecule has 2 heterocycles. The first-order chi connectivity index (χ1) is 16.1. The van der Waals surface area contributed by atoms with Crippen LogP contribution in [0.25, 0.3) is 22.1 Å². The number of esters is 1. The van der Waals surface area contributed by atoms with E-state index in [4.69, 9.17) is 13.9 Å². The minimum atomic E-state index is -0.335. The molecule has 0 fully saturated rings. The zero-order valence-electron chi connectivity index (χ0n) is 18.6. The third-order valence-electron chi connectivity index (χ3n) is 5.33. The first-order valence-electron chi connectivity index (χ1n) is 10.9. The summed E-state index contributed by atoms with van der Waals surface area (Å²) < 4.78 is 16.9. The summed E-state index contributed by atoms with van der Waals surface area (Å²) in [5, 5.41) is 10.3. The number of rotatable bonds is 8. The molecule has 0 saturated carbocycles. The van der Waals surface area contributed by atoms with E-state index < -0.39 is 0 Å². The van der Waals surface area contributed by atoms with Crippen LogP contribution < -0.4 is 4.74 Å². The summed E-state index contributed by atoms with van der Waals surface area (Å²) in [5.74, 6) is 0.159. The number of furan rings is 1. The molecule has 0 spiro atoms. The number of hydrogen-bond acceptors (Lipinski definition) is 6. The number of carbonyl (C=O) groups excluding carboxylic acids is 1. The number of pyridine rings is 1. The molecular weight excluding hydrogens is 416 g/mol. The number of benzene rings is 2. The monoisotopic (exact) mass is 440 g/mol. The van der Waals surface area contributed by atoms with Gasteiger partial charge in [-0.1, -0.05) is 13.0 Å². The number of ether oxygens (including phenoxy) is 2. The lowest BCUT2D eigenvalue weighted by atomic mass is 10.0. The molecule has 4 rings (SSSR count). The Morgan fingerprint density at radius 1 is 1.12 bits per heavy atom. The Bertz CT molecular complexity index is 1330. The Morgan fingerprint density at radius 2 is 2.00 bits per heavy atom. The van der Waals surface area contributed by atoms with Crippen molar-refractivity contribution < 1.29 is 18.7 Å². The van der Waals surface area contributed by atoms with Crippen molar-refractivity contribution in [1.29, 1.82) is 5.26 Å². The fourth-order valence-corrected chi connectivity index (χ4v) is 3.71. The Hall–Kier alpha value is -4.11. The van der Waals surface area contributed by atoms with E-state index in [0.29, 0.717) is 23.5 Å². The summed E-state index contributed by atoms with van der Waals surface area (Å²) in [6.07, 6.45) is 4.41. The van der Waals surface area contributed by atoms with E-state index in [-0.39, 0.29) is 19.0 Å². The fourth-order valence-electron chi connectivity index (χ4n) is 3.71. The van der Waals surface area contributed by atoms with Crippen molar-refractivity contribution in [2.45, 2.75) is 33.3 Å². The predicted molar refractivity (Wildman–Crippen MR) is 125 cm³/mol. The Morgan fingerprint density at radius 3 is 2.79 bits per heavy atom. The molecule has 33 heavy (non-hydrogen) atoms. The van der Waals surface area contributed by atoms with Gasteiger partial charge in [0.05, 0.1) is 30.9 Å². The van der Waals surface area contributed by atoms with Crippen molar-refractivity contribution >= 4 is 16.9 Å². The largest absolute Gasteiger partial charge is 0.489 e. The van der Waals surface area contributed by atoms with Gasteiger partial charge in [-0.25, -0.2) is 0 Å². The molecule has 6 heteroatoms. The molecular formula is C27H24N2O4. The summed E-state index contributed by atoms with van der Waals surface area (Å²) in [5.41, 5.74) is 5.89. The number of aromatic nitrogens is 1. The molecule has 0 aliphatic heterocycles. The highest BCUT2D eigenvalue weighted by molar-refractivity contribution is 5.93. The number of fused-ring (bicyclic) bond motifs is 1. The summed E-state index contributed by atoms with van der Waals surface area (Å²) in [4.78, 5) is 16.4. The van der Waals surface area contributed by atoms with Gasteiger partial charge in [-0.15, -0.1) is 0 Å². The molecule has 0 bridgehead atoms. The third-order valence-corrected chi connectivity index (χ3v) is 5.33. The minimum absolute atomic E-state index is 0.0811. The highest BCUT2D eigenvalue weighted by atomic mass is 16.5. The average Bonchev–Trinajstić information content (AvgIpc) is 3.31. The topological polar surface area (TPSA) is 85.4 Å². The second kappa shape index (κ2) is 10.0. The van der Waals surface area contributed by atoms with Crippen LogP contribution in [0.4, 0.5) is 0 Å². The number of nitriles is 1. The first kappa shape index (κ1) is 22.1. The predicted octanol–water partition coefficient (Wildman–Crippen LogP) is 5.61. The normalized spacial score (nSPS) is 10.7. The van der Waals surface area contributed by atoms with Gasteiger partial charge in [0.25, 0.3) is 0 Å². The van der Waals surface area contributed by atoms with Crippen LogP contribution >= 0.6 is 0 Å². The van der Waals surface area contributed by atoms with Crippen molar-refractivity contribution in [3.05, 3.63) is 83.4 Å². The van der Waals surface area contributed by atoms with Crippen LogP contribution in [0, 0.1) is 11.3 Å². The molecule has 166 valence electrons. The summed E-state index contributed by atoms with van der Waals surface area (Å²) in [6, 6.07) is 17.2. The molecule has 0 aliphatic rings. The van der Waals surface area contributed by atoms with Crippen LogP contribution in [-0.2, 0) is 29.0 Å². The van der Waals surface area contributed by atoms with Crippen LogP contribution in [0.3, 0.4) is 0 Å². The zero-order chi connectivity index (χ0) is 23.2. The zero-order valence-corrected chi connectivity index (χ0v) is 18.6. The first-order valence-corrected chi connectivity index (χ1v) is 10.9. The van der Waals surface area contributed by atoms with Gasteiger partial charge in [0.1, 0.15) is 17.9 Å². The molecule has 0 saturated heterocycles. The molecule has 0 radical (unpaired) electrons. The van der Waals surface area contributed by atoms with Crippen LogP contribution in [0.2, 0.25) is 0 Å². The molecule has 4 aromatic rings. The Balaban J connectivity index is 1.65. The quantitative estimate of drug-likeness (QED) is 0.331. The van der Waals surface area contributed by atoms with Crippen LogP contribution in [0.1, 0.15) is 36.2 Å². The van der Waals surface area contributed by atoms with Gasteiger partial charge in [0.2, 0.25) is 0 Å². The van der Waals surface area contributed by atoms with Crippen LogP contribution in [0.15, 0.2) is 65.4 Å². The third kappa shape index (κ3) is 5.04. The second-order valence-electron chi connectivity index (χ2n) is 7.58. The fraction of sp³-hybridized carbons (Fsp3) is 0.222. The maximum atomic E-state index is 12.0. The molecule has 0 aliphatic carbocycles. The van der Waals surface area contributed by atoms with E-state index in [9.17, 15) is 10.1 Å². The van der Waals surface area contributed by atoms with Gasteiger partial charge < -0.3 is 13.9 Å². The van der Waals surface area contributed by atoms with Crippen LogP contribution in [-0.4, -0.2) is 17.6 Å². The van der Waals surface area contributed by atoms with E-state index in [1.165, 1.54) is 0 Å². The molecule has 6 nitrogen and oxygen atoms in total. The van der Waals surface area contributed by atoms with Gasteiger partial charge in [0.15, 0.2) is 0 Å². The maximum absolute atomic E-state index is 12.0. The van der Waals surface area contributed by atoms with Gasteiger partial charge in [-0.2, -0.15) is 5.26 Å². The second-order valence-corrected chi connectivity index (χ2v) is 7.58. The maximum Gasteiger partial charge on any atom is 0.310 e. The van der Waals surface area contributed by atoms with E-state index in [2.05, 4.69) is 24.0 Å². The molecule has 0 atom stereocenters. The summed E-state index contributed by atoms with van der Waals surface area (Å²) >= 11 is 0. The molecule has 2 aromatic heterocycles. The Kier molecular flexibility index (Phi) is 6.70. The van der Waals surface area contributed by atoms with E-state index >= 15 is 0 Å². The van der Waals surface area contributed by atoms with Crippen molar-refractivity contribution in [1.82, 2.24) is 4.98 Å². The van der Waals surface area contributed by atoms with Crippen molar-refractivity contribution in [3.8, 4) is 22.9 Å². The van der Waals surface area contributed by atoms with Gasteiger partial charge >= 0.3 is 5.97 Å². The smallest absolute Gasteiger partial charge is 0.310 e. The minimum Gasteiger partial charge on any atom is -0.489 e. The molecule has 0 N–H and O–H groups in total. The summed E-state index contributed by atoms with van der Waals surface area (Å²) in [6.45, 7) is 4.42. The molecule has 2 aromatic carbocycles. The highest BCUT2D eigenvalue weighted by Gasteiger charge is 2.14. The average molecular weight is 440 g/mol. The highest BCUT2D eigenvalue weighted by Crippen LogP contribution is 2.32. The number of nitrogens with zero attached hydrogens (tertiary/aromatic N) is 2. The SMILES string of the molecule is CCOC(=O)Cc1ccc(C#N)cc1OCc1cc(-c2ccnc(CC)c2)c2occc2c1. The van der Waals surface area contributed by atoms with E-state index in [1.807, 2.05) is 24.3 Å². The van der Waals surface area contributed by atoms with Crippen LogP contribution in [0.5, 0.6) is 5.75 Å². The molecule has 0 unspecified atom stereocenters. The van der Waals surface area contributed by atoms with Gasteiger partial charge in [-0.3, -0.25) is 9.78 Å². The standard InChI is InChI=1S/C27H24N2O4/c1-3-23-14-20(7-9-29-23)24-12-19(11-22-8-10-32-27(22)24)17-33-25-13-18(16-28)5-6-21(25)15-26(30)31-4-2/h5-14H,3-4,15,17H2,1-2H3. The number of hydrogen-bond donors (Lipinski definition) is 0. The summed E-state index contributed by atoms with van der Waals surface area (Å²) in [7, 11) is 0. The lowest BCUT2D eigenvalue weighted by Crippen LogP contribution is -2.09. The Labute approximate surface area is 192 Å².